The van der Waals surface area contributed by atoms with Gasteiger partial charge in [0, 0.05) is 37.4 Å². The molecule has 0 spiro atoms. The Kier molecular flexibility index (Phi) is 3.61. The molecule has 5 heteroatoms. The number of hydrogen-bond donors (Lipinski definition) is 1. The molecular weight excluding hydrogens is 228 g/mol. The Morgan fingerprint density at radius 3 is 2.72 bits per heavy atom. The third kappa shape index (κ3) is 3.04. The first-order valence-corrected chi connectivity index (χ1v) is 6.27. The van der Waals surface area contributed by atoms with Crippen LogP contribution in [0.3, 0.4) is 0 Å². The summed E-state index contributed by atoms with van der Waals surface area (Å²) in [5, 5.41) is 2.90. The topological polar surface area (TPSA) is 58.1 Å². The molecule has 5 nitrogen and oxygen atoms in total. The molecule has 1 amide bonds. The van der Waals surface area contributed by atoms with Crippen molar-refractivity contribution in [3.63, 3.8) is 0 Å². The molecular formula is C13H20N4O. The van der Waals surface area contributed by atoms with Crippen molar-refractivity contribution in [2.45, 2.75) is 39.3 Å². The van der Waals surface area contributed by atoms with Gasteiger partial charge in [-0.15, -0.1) is 0 Å². The maximum Gasteiger partial charge on any atom is 0.221 e. The standard InChI is InChI=1S/C13H20N4O/c1-10-7-15-11(16-8-10)9-17-5-4-14-12(18)6-13(17,2)3/h7-8H,4-6,9H2,1-3H3,(H,14,18). The van der Waals surface area contributed by atoms with E-state index in [4.69, 9.17) is 0 Å². The van der Waals surface area contributed by atoms with Crippen LogP contribution in [-0.4, -0.2) is 39.4 Å². The largest absolute Gasteiger partial charge is 0.355 e. The Morgan fingerprint density at radius 2 is 2.06 bits per heavy atom. The average Bonchev–Trinajstić information content (AvgIpc) is 2.41. The van der Waals surface area contributed by atoms with Crippen LogP contribution in [0.4, 0.5) is 0 Å². The molecule has 0 aromatic carbocycles. The Morgan fingerprint density at radius 1 is 1.39 bits per heavy atom. The minimum atomic E-state index is -0.158. The predicted molar refractivity (Wildman–Crippen MR) is 68.9 cm³/mol. The Labute approximate surface area is 108 Å². The van der Waals surface area contributed by atoms with E-state index in [-0.39, 0.29) is 11.4 Å². The molecule has 1 aromatic heterocycles. The molecule has 1 fully saturated rings. The second kappa shape index (κ2) is 5.02. The predicted octanol–water partition coefficient (Wildman–Crippen LogP) is 0.886. The van der Waals surface area contributed by atoms with E-state index < -0.39 is 0 Å². The summed E-state index contributed by atoms with van der Waals surface area (Å²) in [6.07, 6.45) is 4.17. The summed E-state index contributed by atoms with van der Waals surface area (Å²) >= 11 is 0. The van der Waals surface area contributed by atoms with E-state index in [9.17, 15) is 4.79 Å². The summed E-state index contributed by atoms with van der Waals surface area (Å²) in [7, 11) is 0. The van der Waals surface area contributed by atoms with Gasteiger partial charge in [-0.25, -0.2) is 9.97 Å². The van der Waals surface area contributed by atoms with E-state index in [1.807, 2.05) is 19.3 Å². The first-order valence-electron chi connectivity index (χ1n) is 6.27. The highest BCUT2D eigenvalue weighted by Gasteiger charge is 2.32. The Balaban J connectivity index is 2.11. The Bertz CT molecular complexity index is 427. The zero-order valence-electron chi connectivity index (χ0n) is 11.2. The molecule has 0 unspecified atom stereocenters. The van der Waals surface area contributed by atoms with Crippen LogP contribution < -0.4 is 5.32 Å². The third-order valence-corrected chi connectivity index (χ3v) is 3.32. The molecule has 1 N–H and O–H groups in total. The van der Waals surface area contributed by atoms with Gasteiger partial charge in [0.25, 0.3) is 0 Å². The summed E-state index contributed by atoms with van der Waals surface area (Å²) in [4.78, 5) is 22.5. The summed E-state index contributed by atoms with van der Waals surface area (Å²) in [5.74, 6) is 0.926. The SMILES string of the molecule is Cc1cnc(CN2CCNC(=O)CC2(C)C)nc1. The zero-order chi connectivity index (χ0) is 13.2. The van der Waals surface area contributed by atoms with E-state index in [1.54, 1.807) is 0 Å². The molecule has 0 aliphatic carbocycles. The molecule has 0 saturated carbocycles. The normalized spacial score (nSPS) is 20.3. The monoisotopic (exact) mass is 248 g/mol. The smallest absolute Gasteiger partial charge is 0.221 e. The molecule has 1 aromatic rings. The van der Waals surface area contributed by atoms with Crippen molar-refractivity contribution in [1.29, 1.82) is 0 Å². The van der Waals surface area contributed by atoms with E-state index in [0.717, 1.165) is 17.9 Å². The third-order valence-electron chi connectivity index (χ3n) is 3.32. The maximum atomic E-state index is 11.6. The zero-order valence-corrected chi connectivity index (χ0v) is 11.2. The van der Waals surface area contributed by atoms with Crippen molar-refractivity contribution < 1.29 is 4.79 Å². The van der Waals surface area contributed by atoms with Crippen molar-refractivity contribution in [2.24, 2.45) is 0 Å². The summed E-state index contributed by atoms with van der Waals surface area (Å²) in [6.45, 7) is 8.35. The number of aromatic nitrogens is 2. The first-order chi connectivity index (χ1) is 8.47. The van der Waals surface area contributed by atoms with Gasteiger partial charge in [-0.3, -0.25) is 9.69 Å². The highest BCUT2D eigenvalue weighted by molar-refractivity contribution is 5.77. The van der Waals surface area contributed by atoms with Crippen LogP contribution in [0.2, 0.25) is 0 Å². The first kappa shape index (κ1) is 13.0. The van der Waals surface area contributed by atoms with Crippen LogP contribution in [0, 0.1) is 6.92 Å². The van der Waals surface area contributed by atoms with Crippen LogP contribution in [0.1, 0.15) is 31.7 Å². The van der Waals surface area contributed by atoms with Crippen molar-refractivity contribution in [3.05, 3.63) is 23.8 Å². The molecule has 0 bridgehead atoms. The van der Waals surface area contributed by atoms with Gasteiger partial charge in [0.2, 0.25) is 5.91 Å². The fraction of sp³-hybridized carbons (Fsp3) is 0.615. The molecule has 98 valence electrons. The molecule has 18 heavy (non-hydrogen) atoms. The van der Waals surface area contributed by atoms with E-state index in [1.165, 1.54) is 0 Å². The lowest BCUT2D eigenvalue weighted by Gasteiger charge is -2.35. The number of carbonyl (C=O) groups excluding carboxylic acids is 1. The van der Waals surface area contributed by atoms with Gasteiger partial charge in [-0.2, -0.15) is 0 Å². The number of rotatable bonds is 2. The summed E-state index contributed by atoms with van der Waals surface area (Å²) in [5.41, 5.74) is 0.903. The molecule has 1 aliphatic heterocycles. The molecule has 2 heterocycles. The van der Waals surface area contributed by atoms with Gasteiger partial charge in [0.1, 0.15) is 5.82 Å². The minimum Gasteiger partial charge on any atom is -0.355 e. The number of amides is 1. The van der Waals surface area contributed by atoms with Gasteiger partial charge < -0.3 is 5.32 Å². The lowest BCUT2D eigenvalue weighted by Crippen LogP contribution is -2.44. The fourth-order valence-electron chi connectivity index (χ4n) is 2.16. The highest BCUT2D eigenvalue weighted by Crippen LogP contribution is 2.21. The number of hydrogen-bond acceptors (Lipinski definition) is 4. The van der Waals surface area contributed by atoms with Gasteiger partial charge in [0.05, 0.1) is 6.54 Å². The van der Waals surface area contributed by atoms with Crippen molar-refractivity contribution >= 4 is 5.91 Å². The van der Waals surface area contributed by atoms with Crippen LogP contribution >= 0.6 is 0 Å². The van der Waals surface area contributed by atoms with Crippen LogP contribution in [0.5, 0.6) is 0 Å². The lowest BCUT2D eigenvalue weighted by atomic mass is 9.98. The number of carbonyl (C=O) groups is 1. The number of aryl methyl sites for hydroxylation is 1. The number of nitrogens with one attached hydrogen (secondary N) is 1. The van der Waals surface area contributed by atoms with Crippen LogP contribution in [0.25, 0.3) is 0 Å². The molecule has 1 saturated heterocycles. The van der Waals surface area contributed by atoms with Gasteiger partial charge >= 0.3 is 0 Å². The highest BCUT2D eigenvalue weighted by atomic mass is 16.1. The Hall–Kier alpha value is -1.49. The van der Waals surface area contributed by atoms with Gasteiger partial charge in [-0.1, -0.05) is 0 Å². The molecule has 0 atom stereocenters. The average molecular weight is 248 g/mol. The summed E-state index contributed by atoms with van der Waals surface area (Å²) < 4.78 is 0. The van der Waals surface area contributed by atoms with E-state index >= 15 is 0 Å². The minimum absolute atomic E-state index is 0.118. The second-order valence-electron chi connectivity index (χ2n) is 5.44. The lowest BCUT2D eigenvalue weighted by molar-refractivity contribution is -0.122. The van der Waals surface area contributed by atoms with Crippen LogP contribution in [0.15, 0.2) is 12.4 Å². The number of nitrogens with zero attached hydrogens (tertiary/aromatic N) is 3. The van der Waals surface area contributed by atoms with Crippen molar-refractivity contribution in [1.82, 2.24) is 20.2 Å². The maximum absolute atomic E-state index is 11.6. The quantitative estimate of drug-likeness (QED) is 0.844. The van der Waals surface area contributed by atoms with Crippen molar-refractivity contribution in [2.75, 3.05) is 13.1 Å². The summed E-state index contributed by atoms with van der Waals surface area (Å²) in [6, 6.07) is 0. The van der Waals surface area contributed by atoms with E-state index in [0.29, 0.717) is 19.5 Å². The van der Waals surface area contributed by atoms with Gasteiger partial charge in [-0.05, 0) is 26.3 Å². The molecule has 1 aliphatic rings. The van der Waals surface area contributed by atoms with E-state index in [2.05, 4.69) is 34.0 Å². The van der Waals surface area contributed by atoms with Gasteiger partial charge in [0.15, 0.2) is 0 Å². The van der Waals surface area contributed by atoms with Crippen molar-refractivity contribution in [3.8, 4) is 0 Å². The second-order valence-corrected chi connectivity index (χ2v) is 5.44. The van der Waals surface area contributed by atoms with Crippen LogP contribution in [-0.2, 0) is 11.3 Å². The molecule has 2 rings (SSSR count). The molecule has 0 radical (unpaired) electrons. The fourth-order valence-corrected chi connectivity index (χ4v) is 2.16.